The van der Waals surface area contributed by atoms with Gasteiger partial charge in [0.05, 0.1) is 11.6 Å². The Morgan fingerprint density at radius 1 is 0.875 bits per heavy atom. The topological polar surface area (TPSA) is 78.1 Å². The Morgan fingerprint density at radius 2 is 1.52 bits per heavy atom. The molecule has 0 aliphatic carbocycles. The van der Waals surface area contributed by atoms with Gasteiger partial charge in [0, 0.05) is 36.3 Å². The molecule has 0 aliphatic heterocycles. The second-order valence-corrected chi connectivity index (χ2v) is 10.6. The summed E-state index contributed by atoms with van der Waals surface area (Å²) >= 11 is 0. The third-order valence-corrected chi connectivity index (χ3v) is 7.88. The van der Waals surface area contributed by atoms with E-state index in [9.17, 15) is 9.90 Å². The molecule has 0 amide bonds. The molecule has 1 aromatic heterocycles. The molecule has 1 heterocycles. The number of hydrogen-bond acceptors (Lipinski definition) is 3. The summed E-state index contributed by atoms with van der Waals surface area (Å²) in [5, 5.41) is 21.9. The molecular weight excluding hydrogens is 494 g/mol. The van der Waals surface area contributed by atoms with Crippen molar-refractivity contribution < 1.29 is 9.90 Å². The van der Waals surface area contributed by atoms with Gasteiger partial charge in [0.15, 0.2) is 0 Å². The number of carboxylic acid groups (broad SMARTS) is 1. The van der Waals surface area contributed by atoms with Gasteiger partial charge in [0.2, 0.25) is 0 Å². The van der Waals surface area contributed by atoms with E-state index >= 15 is 0 Å². The highest BCUT2D eigenvalue weighted by atomic mass is 16.4. The zero-order valence-electron chi connectivity index (χ0n) is 23.9. The summed E-state index contributed by atoms with van der Waals surface area (Å²) in [6.07, 6.45) is 6.43. The standard InChI is InChI=1S/C35H41N3O2/c1-4-6-10-25(5-2)23-31-21-22-34(38(31)3)33(24-32(36)28-13-15-29(16-14-28)35(39)40)37-30-19-17-27(18-20-30)26-11-8-7-9-12-26/h7-9,11-22,25,33,36-37H,4-6,10,23-24H2,1-3H3,(H,39,40). The Labute approximate surface area is 238 Å². The summed E-state index contributed by atoms with van der Waals surface area (Å²) in [7, 11) is 2.13. The molecule has 208 valence electrons. The maximum absolute atomic E-state index is 11.3. The summed E-state index contributed by atoms with van der Waals surface area (Å²) in [6.45, 7) is 4.53. The van der Waals surface area contributed by atoms with Crippen LogP contribution in [0.2, 0.25) is 0 Å². The van der Waals surface area contributed by atoms with Gasteiger partial charge in [-0.1, -0.05) is 94.1 Å². The number of aromatic nitrogens is 1. The molecular formula is C35H41N3O2. The van der Waals surface area contributed by atoms with Gasteiger partial charge in [-0.15, -0.1) is 0 Å². The normalized spacial score (nSPS) is 12.6. The van der Waals surface area contributed by atoms with Crippen LogP contribution < -0.4 is 5.32 Å². The van der Waals surface area contributed by atoms with Crippen molar-refractivity contribution in [2.24, 2.45) is 13.0 Å². The van der Waals surface area contributed by atoms with Crippen LogP contribution in [-0.2, 0) is 13.5 Å². The summed E-state index contributed by atoms with van der Waals surface area (Å²) in [6, 6.07) is 29.7. The van der Waals surface area contributed by atoms with Crippen molar-refractivity contribution in [3.05, 3.63) is 114 Å². The molecule has 0 fully saturated rings. The second kappa shape index (κ2) is 13.8. The third-order valence-electron chi connectivity index (χ3n) is 7.88. The van der Waals surface area contributed by atoms with Crippen molar-refractivity contribution >= 4 is 17.4 Å². The molecule has 2 atom stereocenters. The van der Waals surface area contributed by atoms with Crippen molar-refractivity contribution in [2.45, 2.75) is 58.4 Å². The zero-order valence-corrected chi connectivity index (χ0v) is 23.9. The van der Waals surface area contributed by atoms with Gasteiger partial charge in [0.1, 0.15) is 0 Å². The van der Waals surface area contributed by atoms with Gasteiger partial charge in [-0.3, -0.25) is 0 Å². The lowest BCUT2D eigenvalue weighted by Crippen LogP contribution is -2.19. The lowest BCUT2D eigenvalue weighted by Gasteiger charge is -2.23. The first-order valence-corrected chi connectivity index (χ1v) is 14.4. The minimum absolute atomic E-state index is 0.122. The minimum atomic E-state index is -0.961. The average molecular weight is 536 g/mol. The molecule has 5 heteroatoms. The van der Waals surface area contributed by atoms with E-state index in [0.29, 0.717) is 18.1 Å². The smallest absolute Gasteiger partial charge is 0.335 e. The summed E-state index contributed by atoms with van der Waals surface area (Å²) in [5.41, 5.74) is 7.22. The van der Waals surface area contributed by atoms with Crippen LogP contribution in [0.1, 0.15) is 79.3 Å². The monoisotopic (exact) mass is 535 g/mol. The number of aromatic carboxylic acids is 1. The fourth-order valence-electron chi connectivity index (χ4n) is 5.32. The summed E-state index contributed by atoms with van der Waals surface area (Å²) in [4.78, 5) is 11.3. The number of unbranched alkanes of at least 4 members (excludes halogenated alkanes) is 1. The van der Waals surface area contributed by atoms with Gasteiger partial charge in [-0.05, 0) is 65.4 Å². The Balaban J connectivity index is 1.59. The van der Waals surface area contributed by atoms with Crippen molar-refractivity contribution in [3.63, 3.8) is 0 Å². The predicted molar refractivity (Wildman–Crippen MR) is 166 cm³/mol. The number of carboxylic acids is 1. The first-order chi connectivity index (χ1) is 19.4. The second-order valence-electron chi connectivity index (χ2n) is 10.6. The van der Waals surface area contributed by atoms with E-state index < -0.39 is 5.97 Å². The van der Waals surface area contributed by atoms with Gasteiger partial charge in [-0.25, -0.2) is 4.79 Å². The van der Waals surface area contributed by atoms with Crippen molar-refractivity contribution in [2.75, 3.05) is 5.32 Å². The number of nitrogens with one attached hydrogen (secondary N) is 2. The Hall–Kier alpha value is -4.12. The third kappa shape index (κ3) is 7.29. The lowest BCUT2D eigenvalue weighted by molar-refractivity contribution is 0.0697. The highest BCUT2D eigenvalue weighted by Crippen LogP contribution is 2.29. The number of nitrogens with zero attached hydrogens (tertiary/aromatic N) is 1. The van der Waals surface area contributed by atoms with Crippen LogP contribution >= 0.6 is 0 Å². The van der Waals surface area contributed by atoms with Gasteiger partial charge >= 0.3 is 5.97 Å². The molecule has 4 aromatic rings. The van der Waals surface area contributed by atoms with Crippen molar-refractivity contribution in [3.8, 4) is 11.1 Å². The number of carbonyl (C=O) groups is 1. The molecule has 0 saturated carbocycles. The van der Waals surface area contributed by atoms with Crippen LogP contribution in [0.15, 0.2) is 91.0 Å². The Bertz CT molecular complexity index is 1390. The Kier molecular flexibility index (Phi) is 9.96. The van der Waals surface area contributed by atoms with Crippen LogP contribution in [0.3, 0.4) is 0 Å². The maximum atomic E-state index is 11.3. The van der Waals surface area contributed by atoms with Crippen LogP contribution in [0.5, 0.6) is 0 Å². The largest absolute Gasteiger partial charge is 0.478 e. The van der Waals surface area contributed by atoms with Crippen LogP contribution in [0.25, 0.3) is 11.1 Å². The quantitative estimate of drug-likeness (QED) is 0.141. The van der Waals surface area contributed by atoms with Gasteiger partial charge in [0.25, 0.3) is 0 Å². The first kappa shape index (κ1) is 28.9. The molecule has 0 aliphatic rings. The van der Waals surface area contributed by atoms with E-state index in [1.54, 1.807) is 24.3 Å². The molecule has 0 spiro atoms. The van der Waals surface area contributed by atoms with Crippen LogP contribution in [-0.4, -0.2) is 21.4 Å². The molecule has 40 heavy (non-hydrogen) atoms. The van der Waals surface area contributed by atoms with Gasteiger partial charge in [-0.2, -0.15) is 0 Å². The summed E-state index contributed by atoms with van der Waals surface area (Å²) < 4.78 is 2.30. The lowest BCUT2D eigenvalue weighted by atomic mass is 9.94. The van der Waals surface area contributed by atoms with E-state index in [1.165, 1.54) is 36.9 Å². The van der Waals surface area contributed by atoms with Crippen LogP contribution in [0, 0.1) is 11.3 Å². The van der Waals surface area contributed by atoms with E-state index in [2.05, 4.69) is 79.3 Å². The molecule has 3 N–H and O–H groups in total. The van der Waals surface area contributed by atoms with Gasteiger partial charge < -0.3 is 20.4 Å². The summed E-state index contributed by atoms with van der Waals surface area (Å²) in [5.74, 6) is -0.290. The fraction of sp³-hybridized carbons (Fsp3) is 0.314. The minimum Gasteiger partial charge on any atom is -0.478 e. The fourth-order valence-corrected chi connectivity index (χ4v) is 5.32. The molecule has 3 aromatic carbocycles. The highest BCUT2D eigenvalue weighted by Gasteiger charge is 2.21. The molecule has 2 unspecified atom stereocenters. The van der Waals surface area contributed by atoms with Crippen LogP contribution in [0.4, 0.5) is 5.69 Å². The van der Waals surface area contributed by atoms with E-state index in [0.717, 1.165) is 28.9 Å². The number of anilines is 1. The van der Waals surface area contributed by atoms with E-state index in [4.69, 9.17) is 5.41 Å². The van der Waals surface area contributed by atoms with Crippen molar-refractivity contribution in [1.82, 2.24) is 4.57 Å². The number of rotatable bonds is 14. The molecule has 0 bridgehead atoms. The SMILES string of the molecule is CCCCC(CC)Cc1ccc(C(CC(=N)c2ccc(C(=O)O)cc2)Nc2ccc(-c3ccccc3)cc2)n1C. The molecule has 0 saturated heterocycles. The maximum Gasteiger partial charge on any atom is 0.335 e. The average Bonchev–Trinajstić information content (AvgIpc) is 3.35. The number of benzene rings is 3. The van der Waals surface area contributed by atoms with E-state index in [1.807, 2.05) is 18.2 Å². The number of hydrogen-bond donors (Lipinski definition) is 3. The zero-order chi connectivity index (χ0) is 28.5. The molecule has 5 nitrogen and oxygen atoms in total. The molecule has 0 radical (unpaired) electrons. The first-order valence-electron chi connectivity index (χ1n) is 14.4. The molecule has 4 rings (SSSR count). The van der Waals surface area contributed by atoms with Crippen molar-refractivity contribution in [1.29, 1.82) is 5.41 Å². The predicted octanol–water partition coefficient (Wildman–Crippen LogP) is 8.76. The van der Waals surface area contributed by atoms with E-state index in [-0.39, 0.29) is 11.6 Å². The Morgan fingerprint density at radius 3 is 2.15 bits per heavy atom. The highest BCUT2D eigenvalue weighted by molar-refractivity contribution is 5.99.